The van der Waals surface area contributed by atoms with E-state index in [2.05, 4.69) is 29.4 Å². The van der Waals surface area contributed by atoms with Crippen LogP contribution in [0.3, 0.4) is 0 Å². The van der Waals surface area contributed by atoms with Gasteiger partial charge in [-0.2, -0.15) is 0 Å². The van der Waals surface area contributed by atoms with E-state index >= 15 is 0 Å². The quantitative estimate of drug-likeness (QED) is 0.586. The number of β-amino-alcohol motifs (C(OH)–C–C–N with tert-alkyl or cyclic N) is 1. The highest BCUT2D eigenvalue weighted by Gasteiger charge is 2.33. The highest BCUT2D eigenvalue weighted by Crippen LogP contribution is 2.28. The van der Waals surface area contributed by atoms with Crippen LogP contribution in [-0.2, 0) is 4.79 Å². The number of likely N-dealkylation sites (tertiary alicyclic amines) is 1. The summed E-state index contributed by atoms with van der Waals surface area (Å²) < 4.78 is 5.21. The fourth-order valence-corrected chi connectivity index (χ4v) is 5.02. The zero-order valence-corrected chi connectivity index (χ0v) is 19.0. The molecular weight excluding hydrogens is 394 g/mol. The van der Waals surface area contributed by atoms with Crippen molar-refractivity contribution in [3.63, 3.8) is 0 Å². The summed E-state index contributed by atoms with van der Waals surface area (Å²) in [5, 5.41) is 16.7. The Morgan fingerprint density at radius 3 is 2.68 bits per heavy atom. The number of furan rings is 1. The van der Waals surface area contributed by atoms with Gasteiger partial charge < -0.3 is 20.2 Å². The van der Waals surface area contributed by atoms with Crippen LogP contribution < -0.4 is 10.6 Å². The largest absolute Gasteiger partial charge is 0.459 e. The summed E-state index contributed by atoms with van der Waals surface area (Å²) in [6.07, 6.45) is 9.95. The van der Waals surface area contributed by atoms with Crippen LogP contribution in [0.2, 0.25) is 0 Å². The van der Waals surface area contributed by atoms with E-state index in [1.165, 1.54) is 25.5 Å². The van der Waals surface area contributed by atoms with Crippen molar-refractivity contribution < 1.29 is 19.1 Å². The van der Waals surface area contributed by atoms with Gasteiger partial charge in [-0.05, 0) is 57.2 Å². The molecule has 7 heteroatoms. The molecule has 174 valence electrons. The van der Waals surface area contributed by atoms with Crippen LogP contribution in [-0.4, -0.2) is 59.1 Å². The van der Waals surface area contributed by atoms with E-state index in [9.17, 15) is 14.7 Å². The maximum absolute atomic E-state index is 13.3. The predicted octanol–water partition coefficient (Wildman–Crippen LogP) is 3.09. The van der Waals surface area contributed by atoms with E-state index in [1.807, 2.05) is 0 Å². The van der Waals surface area contributed by atoms with Crippen molar-refractivity contribution in [2.75, 3.05) is 13.1 Å². The molecule has 0 unspecified atom stereocenters. The second kappa shape index (κ2) is 11.7. The molecule has 1 aromatic rings. The summed E-state index contributed by atoms with van der Waals surface area (Å²) in [6, 6.07) is 2.72. The lowest BCUT2D eigenvalue weighted by atomic mass is 9.84. The summed E-state index contributed by atoms with van der Waals surface area (Å²) in [5.41, 5.74) is 0. The maximum atomic E-state index is 13.3. The number of aliphatic hydroxyl groups excluding tert-OH is 1. The minimum atomic E-state index is -0.625. The zero-order valence-electron chi connectivity index (χ0n) is 19.0. The van der Waals surface area contributed by atoms with E-state index in [1.54, 1.807) is 12.1 Å². The van der Waals surface area contributed by atoms with Crippen molar-refractivity contribution >= 4 is 11.8 Å². The number of nitrogens with one attached hydrogen (secondary N) is 2. The second-order valence-electron chi connectivity index (χ2n) is 9.35. The number of amides is 2. The van der Waals surface area contributed by atoms with Crippen LogP contribution in [0.4, 0.5) is 0 Å². The van der Waals surface area contributed by atoms with E-state index in [0.29, 0.717) is 24.9 Å². The molecule has 1 saturated heterocycles. The summed E-state index contributed by atoms with van der Waals surface area (Å²) in [4.78, 5) is 28.1. The Morgan fingerprint density at radius 1 is 1.23 bits per heavy atom. The normalized spacial score (nSPS) is 26.7. The van der Waals surface area contributed by atoms with E-state index in [4.69, 9.17) is 4.42 Å². The minimum Gasteiger partial charge on any atom is -0.459 e. The van der Waals surface area contributed by atoms with Gasteiger partial charge in [0.15, 0.2) is 5.76 Å². The predicted molar refractivity (Wildman–Crippen MR) is 120 cm³/mol. The summed E-state index contributed by atoms with van der Waals surface area (Å²) in [7, 11) is 0. The second-order valence-corrected chi connectivity index (χ2v) is 9.35. The Labute approximate surface area is 185 Å². The lowest BCUT2D eigenvalue weighted by Crippen LogP contribution is -2.54. The third kappa shape index (κ3) is 6.81. The molecule has 0 bridgehead atoms. The minimum absolute atomic E-state index is 0.203. The van der Waals surface area contributed by atoms with Crippen LogP contribution in [0.15, 0.2) is 22.8 Å². The SMILES string of the molecule is CCCN1C[C@H](O)[C@@H](NC(=O)[C@H](CC2CCCCC2)NC(=O)c2ccco2)CC[C@H]1C. The fraction of sp³-hybridized carbons (Fsp3) is 0.750. The standard InChI is InChI=1S/C24H39N3O4/c1-3-13-27-16-21(28)19(12-11-17(27)2)25-23(29)20(15-18-8-5-4-6-9-18)26-24(30)22-10-7-14-31-22/h7,10,14,17-21,28H,3-6,8-9,11-13,15-16H2,1-2H3,(H,25,29)(H,26,30)/t17-,19+,20+,21+/m1/s1. The molecule has 31 heavy (non-hydrogen) atoms. The fourth-order valence-electron chi connectivity index (χ4n) is 5.02. The van der Waals surface area contributed by atoms with Crippen molar-refractivity contribution in [1.82, 2.24) is 15.5 Å². The molecule has 0 spiro atoms. The number of carbonyl (C=O) groups excluding carboxylic acids is 2. The Morgan fingerprint density at radius 2 is 2.00 bits per heavy atom. The van der Waals surface area contributed by atoms with E-state index < -0.39 is 12.1 Å². The Bertz CT molecular complexity index is 687. The van der Waals surface area contributed by atoms with Crippen LogP contribution in [0.25, 0.3) is 0 Å². The van der Waals surface area contributed by atoms with Crippen LogP contribution in [0.5, 0.6) is 0 Å². The summed E-state index contributed by atoms with van der Waals surface area (Å²) >= 11 is 0. The third-order valence-electron chi connectivity index (χ3n) is 6.90. The van der Waals surface area contributed by atoms with Gasteiger partial charge >= 0.3 is 0 Å². The van der Waals surface area contributed by atoms with Crippen molar-refractivity contribution in [3.05, 3.63) is 24.2 Å². The zero-order chi connectivity index (χ0) is 22.2. The summed E-state index contributed by atoms with van der Waals surface area (Å²) in [6.45, 7) is 5.83. The number of hydrogen-bond donors (Lipinski definition) is 3. The first kappa shape index (κ1) is 23.8. The molecule has 4 atom stereocenters. The molecule has 7 nitrogen and oxygen atoms in total. The molecule has 2 heterocycles. The van der Waals surface area contributed by atoms with Gasteiger partial charge in [0, 0.05) is 12.6 Å². The molecule has 1 aliphatic carbocycles. The summed E-state index contributed by atoms with van der Waals surface area (Å²) in [5.74, 6) is 0.0664. The topological polar surface area (TPSA) is 94.8 Å². The van der Waals surface area contributed by atoms with Gasteiger partial charge in [0.2, 0.25) is 5.91 Å². The number of hydrogen-bond acceptors (Lipinski definition) is 5. The highest BCUT2D eigenvalue weighted by atomic mass is 16.3. The van der Waals surface area contributed by atoms with Gasteiger partial charge in [0.05, 0.1) is 18.4 Å². The first-order valence-corrected chi connectivity index (χ1v) is 12.0. The molecule has 2 aliphatic rings. The molecule has 0 aromatic carbocycles. The number of carbonyl (C=O) groups is 2. The van der Waals surface area contributed by atoms with Gasteiger partial charge in [0.1, 0.15) is 6.04 Å². The van der Waals surface area contributed by atoms with Gasteiger partial charge in [-0.3, -0.25) is 14.5 Å². The Balaban J connectivity index is 1.65. The lowest BCUT2D eigenvalue weighted by molar-refractivity contribution is -0.125. The first-order valence-electron chi connectivity index (χ1n) is 12.0. The molecule has 2 amide bonds. The first-order chi connectivity index (χ1) is 15.0. The van der Waals surface area contributed by atoms with Crippen molar-refractivity contribution in [1.29, 1.82) is 0 Å². The monoisotopic (exact) mass is 433 g/mol. The van der Waals surface area contributed by atoms with E-state index in [-0.39, 0.29) is 23.6 Å². The molecule has 1 aromatic heterocycles. The van der Waals surface area contributed by atoms with Gasteiger partial charge in [-0.1, -0.05) is 39.0 Å². The molecule has 3 N–H and O–H groups in total. The average molecular weight is 434 g/mol. The maximum Gasteiger partial charge on any atom is 0.287 e. The van der Waals surface area contributed by atoms with Crippen LogP contribution in [0.1, 0.15) is 82.2 Å². The van der Waals surface area contributed by atoms with Gasteiger partial charge in [-0.25, -0.2) is 0 Å². The van der Waals surface area contributed by atoms with Crippen molar-refractivity contribution in [2.24, 2.45) is 5.92 Å². The average Bonchev–Trinajstić information content (AvgIpc) is 3.27. The molecule has 1 aliphatic heterocycles. The van der Waals surface area contributed by atoms with Gasteiger partial charge in [-0.15, -0.1) is 0 Å². The van der Waals surface area contributed by atoms with Crippen molar-refractivity contribution in [2.45, 2.75) is 95.9 Å². The molecule has 0 radical (unpaired) electrons. The third-order valence-corrected chi connectivity index (χ3v) is 6.90. The lowest BCUT2D eigenvalue weighted by Gasteiger charge is -2.30. The van der Waals surface area contributed by atoms with Crippen molar-refractivity contribution in [3.8, 4) is 0 Å². The molecule has 3 rings (SSSR count). The molecule has 1 saturated carbocycles. The molecule has 2 fully saturated rings. The van der Waals surface area contributed by atoms with Crippen LogP contribution >= 0.6 is 0 Å². The number of nitrogens with zero attached hydrogens (tertiary/aromatic N) is 1. The highest BCUT2D eigenvalue weighted by molar-refractivity contribution is 5.95. The van der Waals surface area contributed by atoms with Crippen LogP contribution in [0, 0.1) is 5.92 Å². The van der Waals surface area contributed by atoms with Gasteiger partial charge in [0.25, 0.3) is 5.91 Å². The molecular formula is C24H39N3O4. The number of rotatable bonds is 8. The smallest absolute Gasteiger partial charge is 0.287 e. The Hall–Kier alpha value is -1.86. The van der Waals surface area contributed by atoms with E-state index in [0.717, 1.165) is 38.6 Å². The Kier molecular flexibility index (Phi) is 8.96. The number of aliphatic hydroxyl groups is 1.